The van der Waals surface area contributed by atoms with E-state index in [0.717, 1.165) is 27.0 Å². The first-order valence-electron chi connectivity index (χ1n) is 8.86. The molecular formula is C19H24N6OS. The van der Waals surface area contributed by atoms with Crippen LogP contribution in [-0.2, 0) is 13.1 Å². The van der Waals surface area contributed by atoms with Gasteiger partial charge in [-0.05, 0) is 25.0 Å². The van der Waals surface area contributed by atoms with Gasteiger partial charge in [-0.1, -0.05) is 43.4 Å². The van der Waals surface area contributed by atoms with Gasteiger partial charge in [-0.25, -0.2) is 9.48 Å². The van der Waals surface area contributed by atoms with Crippen molar-refractivity contribution in [3.8, 4) is 5.69 Å². The minimum atomic E-state index is -0.148. The number of aromatic nitrogens is 4. The van der Waals surface area contributed by atoms with Crippen molar-refractivity contribution in [2.45, 2.75) is 39.8 Å². The quantitative estimate of drug-likeness (QED) is 0.706. The topological polar surface area (TPSA) is 75.9 Å². The second-order valence-electron chi connectivity index (χ2n) is 6.70. The SMILES string of the molecule is Cc1nnc(CN(C)C(=O)NCc2cn(-c3ccccc3)nc2C(C)C)s1. The van der Waals surface area contributed by atoms with Crippen LogP contribution in [0.1, 0.15) is 41.0 Å². The standard InChI is InChI=1S/C19H24N6OS/c1-13(2)18-15(11-25(23-18)16-8-6-5-7-9-16)10-20-19(26)24(4)12-17-22-21-14(3)27-17/h5-9,11,13H,10,12H2,1-4H3,(H,20,26). The van der Waals surface area contributed by atoms with Crippen LogP contribution in [0.5, 0.6) is 0 Å². The number of nitrogens with one attached hydrogen (secondary N) is 1. The number of amides is 2. The second kappa shape index (κ2) is 8.30. The maximum absolute atomic E-state index is 12.4. The van der Waals surface area contributed by atoms with E-state index in [0.29, 0.717) is 13.1 Å². The highest BCUT2D eigenvalue weighted by molar-refractivity contribution is 7.11. The molecule has 2 heterocycles. The van der Waals surface area contributed by atoms with Gasteiger partial charge in [0.25, 0.3) is 0 Å². The monoisotopic (exact) mass is 384 g/mol. The van der Waals surface area contributed by atoms with E-state index in [9.17, 15) is 4.79 Å². The van der Waals surface area contributed by atoms with Crippen LogP contribution >= 0.6 is 11.3 Å². The molecule has 0 saturated heterocycles. The van der Waals surface area contributed by atoms with Gasteiger partial charge in [0, 0.05) is 25.4 Å². The fraction of sp³-hybridized carbons (Fsp3) is 0.368. The number of hydrogen-bond acceptors (Lipinski definition) is 5. The Hall–Kier alpha value is -2.74. The lowest BCUT2D eigenvalue weighted by molar-refractivity contribution is 0.206. The van der Waals surface area contributed by atoms with Crippen LogP contribution in [0.2, 0.25) is 0 Å². The third-order valence-electron chi connectivity index (χ3n) is 4.11. The van der Waals surface area contributed by atoms with Crippen LogP contribution in [0.15, 0.2) is 36.5 Å². The normalized spacial score (nSPS) is 11.0. The molecule has 0 fully saturated rings. The lowest BCUT2D eigenvalue weighted by atomic mass is 10.1. The zero-order valence-electron chi connectivity index (χ0n) is 16.0. The van der Waals surface area contributed by atoms with E-state index in [1.54, 1.807) is 11.9 Å². The number of urea groups is 1. The van der Waals surface area contributed by atoms with Gasteiger partial charge >= 0.3 is 6.03 Å². The Balaban J connectivity index is 1.67. The van der Waals surface area contributed by atoms with E-state index < -0.39 is 0 Å². The summed E-state index contributed by atoms with van der Waals surface area (Å²) in [7, 11) is 1.75. The minimum absolute atomic E-state index is 0.148. The van der Waals surface area contributed by atoms with Crippen molar-refractivity contribution < 1.29 is 4.79 Å². The predicted molar refractivity (Wildman–Crippen MR) is 106 cm³/mol. The fourth-order valence-corrected chi connectivity index (χ4v) is 3.50. The number of carbonyl (C=O) groups excluding carboxylic acids is 1. The smallest absolute Gasteiger partial charge is 0.317 e. The molecule has 142 valence electrons. The molecule has 7 nitrogen and oxygen atoms in total. The summed E-state index contributed by atoms with van der Waals surface area (Å²) in [6, 6.07) is 9.82. The number of rotatable bonds is 6. The highest BCUT2D eigenvalue weighted by atomic mass is 32.1. The summed E-state index contributed by atoms with van der Waals surface area (Å²) in [4.78, 5) is 14.0. The Morgan fingerprint density at radius 1 is 1.26 bits per heavy atom. The van der Waals surface area contributed by atoms with Crippen LogP contribution < -0.4 is 5.32 Å². The minimum Gasteiger partial charge on any atom is -0.334 e. The summed E-state index contributed by atoms with van der Waals surface area (Å²) >= 11 is 1.50. The molecule has 0 radical (unpaired) electrons. The van der Waals surface area contributed by atoms with E-state index in [-0.39, 0.29) is 11.9 Å². The van der Waals surface area contributed by atoms with Gasteiger partial charge in [0.2, 0.25) is 0 Å². The zero-order chi connectivity index (χ0) is 19.4. The molecule has 3 aromatic rings. The van der Waals surface area contributed by atoms with Crippen molar-refractivity contribution in [3.05, 3.63) is 57.8 Å². The molecule has 2 aromatic heterocycles. The Morgan fingerprint density at radius 3 is 2.63 bits per heavy atom. The lowest BCUT2D eigenvalue weighted by Crippen LogP contribution is -2.36. The first-order valence-corrected chi connectivity index (χ1v) is 9.67. The molecule has 2 amide bonds. The zero-order valence-corrected chi connectivity index (χ0v) is 16.8. The summed E-state index contributed by atoms with van der Waals surface area (Å²) in [6.45, 7) is 6.98. The third-order valence-corrected chi connectivity index (χ3v) is 4.93. The molecule has 0 unspecified atom stereocenters. The summed E-state index contributed by atoms with van der Waals surface area (Å²) in [5.41, 5.74) is 3.00. The molecule has 0 atom stereocenters. The first-order chi connectivity index (χ1) is 12.9. The lowest BCUT2D eigenvalue weighted by Gasteiger charge is -2.16. The molecule has 0 aliphatic heterocycles. The van der Waals surface area contributed by atoms with Crippen molar-refractivity contribution >= 4 is 17.4 Å². The summed E-state index contributed by atoms with van der Waals surface area (Å²) in [6.07, 6.45) is 1.99. The summed E-state index contributed by atoms with van der Waals surface area (Å²) in [5, 5.41) is 17.5. The number of carbonyl (C=O) groups is 1. The fourth-order valence-electron chi connectivity index (χ4n) is 2.74. The van der Waals surface area contributed by atoms with Gasteiger partial charge in [0.05, 0.1) is 17.9 Å². The number of para-hydroxylation sites is 1. The largest absolute Gasteiger partial charge is 0.334 e. The first kappa shape index (κ1) is 19.0. The average molecular weight is 385 g/mol. The maximum atomic E-state index is 12.4. The van der Waals surface area contributed by atoms with E-state index in [2.05, 4.69) is 29.4 Å². The molecule has 27 heavy (non-hydrogen) atoms. The third kappa shape index (κ3) is 4.71. The molecule has 3 rings (SSSR count). The van der Waals surface area contributed by atoms with Crippen molar-refractivity contribution in [3.63, 3.8) is 0 Å². The van der Waals surface area contributed by atoms with Gasteiger partial charge in [-0.3, -0.25) is 0 Å². The van der Waals surface area contributed by atoms with Crippen LogP contribution in [0.4, 0.5) is 4.79 Å². The molecule has 0 aliphatic rings. The summed E-state index contributed by atoms with van der Waals surface area (Å²) < 4.78 is 1.87. The predicted octanol–water partition coefficient (Wildman–Crippen LogP) is 3.50. The van der Waals surface area contributed by atoms with Crippen LogP contribution in [0, 0.1) is 6.92 Å². The molecule has 0 saturated carbocycles. The van der Waals surface area contributed by atoms with Gasteiger partial charge < -0.3 is 10.2 Å². The number of hydrogen-bond donors (Lipinski definition) is 1. The highest BCUT2D eigenvalue weighted by Gasteiger charge is 2.16. The molecule has 1 N–H and O–H groups in total. The van der Waals surface area contributed by atoms with E-state index in [4.69, 9.17) is 5.10 Å². The van der Waals surface area contributed by atoms with Crippen LogP contribution in [0.3, 0.4) is 0 Å². The molecule has 0 spiro atoms. The molecule has 0 aliphatic carbocycles. The molecule has 8 heteroatoms. The van der Waals surface area contributed by atoms with Gasteiger partial charge in [-0.15, -0.1) is 10.2 Å². The van der Waals surface area contributed by atoms with Gasteiger partial charge in [0.15, 0.2) is 0 Å². The highest BCUT2D eigenvalue weighted by Crippen LogP contribution is 2.20. The van der Waals surface area contributed by atoms with Crippen molar-refractivity contribution in [2.24, 2.45) is 0 Å². The molecule has 1 aromatic carbocycles. The Labute approximate surface area is 163 Å². The van der Waals surface area contributed by atoms with Gasteiger partial charge in [0.1, 0.15) is 10.0 Å². The van der Waals surface area contributed by atoms with Crippen LogP contribution in [0.25, 0.3) is 5.69 Å². The van der Waals surface area contributed by atoms with E-state index in [1.807, 2.05) is 48.1 Å². The second-order valence-corrected chi connectivity index (χ2v) is 7.97. The maximum Gasteiger partial charge on any atom is 0.317 e. The number of benzene rings is 1. The number of nitrogens with zero attached hydrogens (tertiary/aromatic N) is 5. The number of aryl methyl sites for hydroxylation is 1. The molecular weight excluding hydrogens is 360 g/mol. The Kier molecular flexibility index (Phi) is 5.85. The van der Waals surface area contributed by atoms with Gasteiger partial charge in [-0.2, -0.15) is 5.10 Å². The molecule has 0 bridgehead atoms. The van der Waals surface area contributed by atoms with Crippen LogP contribution in [-0.4, -0.2) is 38.0 Å². The average Bonchev–Trinajstić information content (AvgIpc) is 3.26. The summed E-state index contributed by atoms with van der Waals surface area (Å²) in [5.74, 6) is 0.268. The van der Waals surface area contributed by atoms with Crippen molar-refractivity contribution in [2.75, 3.05) is 7.05 Å². The Morgan fingerprint density at radius 2 is 2.00 bits per heavy atom. The van der Waals surface area contributed by atoms with E-state index >= 15 is 0 Å². The van der Waals surface area contributed by atoms with Crippen molar-refractivity contribution in [1.82, 2.24) is 30.2 Å². The Bertz CT molecular complexity index is 902. The van der Waals surface area contributed by atoms with E-state index in [1.165, 1.54) is 11.3 Å². The van der Waals surface area contributed by atoms with Crippen molar-refractivity contribution in [1.29, 1.82) is 0 Å².